The van der Waals surface area contributed by atoms with Gasteiger partial charge in [-0.25, -0.2) is 9.37 Å². The summed E-state index contributed by atoms with van der Waals surface area (Å²) in [5, 5.41) is 14.6. The molecule has 1 unspecified atom stereocenters. The van der Waals surface area contributed by atoms with Crippen molar-refractivity contribution >= 4 is 11.6 Å². The Labute approximate surface area is 150 Å². The zero-order chi connectivity index (χ0) is 18.1. The van der Waals surface area contributed by atoms with E-state index >= 15 is 0 Å². The maximum Gasteiger partial charge on any atom is 0.192 e. The van der Waals surface area contributed by atoms with E-state index in [1.165, 1.54) is 12.1 Å². The average Bonchev–Trinajstić information content (AvgIpc) is 3.10. The van der Waals surface area contributed by atoms with E-state index in [9.17, 15) is 9.50 Å². The lowest BCUT2D eigenvalue weighted by molar-refractivity contribution is 0.199. The molecule has 0 aliphatic rings. The molecule has 3 aromatic rings. The zero-order valence-corrected chi connectivity index (χ0v) is 15.0. The molecule has 0 saturated carbocycles. The van der Waals surface area contributed by atoms with Gasteiger partial charge in [-0.1, -0.05) is 11.6 Å². The Morgan fingerprint density at radius 2 is 2.16 bits per heavy atom. The van der Waals surface area contributed by atoms with Crippen LogP contribution in [-0.4, -0.2) is 19.9 Å². The minimum atomic E-state index is -0.838. The molecule has 0 spiro atoms. The van der Waals surface area contributed by atoms with Gasteiger partial charge in [0.05, 0.1) is 11.8 Å². The lowest BCUT2D eigenvalue weighted by Gasteiger charge is -2.11. The third-order valence-corrected chi connectivity index (χ3v) is 4.30. The van der Waals surface area contributed by atoms with Gasteiger partial charge in [-0.3, -0.25) is 4.68 Å². The molecule has 1 atom stereocenters. The van der Waals surface area contributed by atoms with Gasteiger partial charge in [0.25, 0.3) is 0 Å². The Hall–Kier alpha value is -2.18. The number of rotatable bonds is 5. The number of hydrogen-bond donors (Lipinski definition) is 1. The number of aliphatic hydroxyl groups excluding tert-OH is 1. The number of benzene rings is 1. The fourth-order valence-corrected chi connectivity index (χ4v) is 3.00. The molecule has 0 bridgehead atoms. The van der Waals surface area contributed by atoms with Gasteiger partial charge in [0.1, 0.15) is 5.82 Å². The number of aliphatic hydroxyl groups is 1. The van der Waals surface area contributed by atoms with E-state index in [1.54, 1.807) is 24.6 Å². The molecule has 2 heterocycles. The van der Waals surface area contributed by atoms with Crippen LogP contribution in [0.15, 0.2) is 28.8 Å². The number of aromatic nitrogens is 3. The van der Waals surface area contributed by atoms with Crippen molar-refractivity contribution in [1.82, 2.24) is 14.8 Å². The normalized spacial score (nSPS) is 12.6. The summed E-state index contributed by atoms with van der Waals surface area (Å²) in [5.41, 5.74) is 2.57. The molecule has 5 nitrogen and oxygen atoms in total. The van der Waals surface area contributed by atoms with Crippen LogP contribution in [0.25, 0.3) is 11.3 Å². The van der Waals surface area contributed by atoms with Gasteiger partial charge >= 0.3 is 0 Å². The molecular formula is C18H19ClFN3O2. The zero-order valence-electron chi connectivity index (χ0n) is 14.3. The van der Waals surface area contributed by atoms with Gasteiger partial charge < -0.3 is 9.52 Å². The molecule has 0 amide bonds. The van der Waals surface area contributed by atoms with Crippen molar-refractivity contribution in [3.05, 3.63) is 58.1 Å². The highest BCUT2D eigenvalue weighted by Crippen LogP contribution is 2.33. The highest BCUT2D eigenvalue weighted by molar-refractivity contribution is 6.30. The Balaban J connectivity index is 2.06. The molecule has 7 heteroatoms. The van der Waals surface area contributed by atoms with Gasteiger partial charge in [-0.05, 0) is 37.6 Å². The number of hydrogen-bond acceptors (Lipinski definition) is 4. The van der Waals surface area contributed by atoms with Crippen molar-refractivity contribution in [1.29, 1.82) is 0 Å². The summed E-state index contributed by atoms with van der Waals surface area (Å²) < 4.78 is 21.1. The van der Waals surface area contributed by atoms with Crippen molar-refractivity contribution in [3.8, 4) is 11.3 Å². The van der Waals surface area contributed by atoms with Gasteiger partial charge in [0, 0.05) is 37.2 Å². The molecule has 0 aliphatic heterocycles. The molecule has 132 valence electrons. The van der Waals surface area contributed by atoms with Crippen molar-refractivity contribution in [2.45, 2.75) is 39.8 Å². The van der Waals surface area contributed by atoms with Crippen molar-refractivity contribution in [2.75, 3.05) is 0 Å². The second-order valence-electron chi connectivity index (χ2n) is 5.89. The van der Waals surface area contributed by atoms with Crippen LogP contribution in [0, 0.1) is 12.7 Å². The Kier molecular flexibility index (Phi) is 4.92. The Morgan fingerprint density at radius 1 is 1.40 bits per heavy atom. The summed E-state index contributed by atoms with van der Waals surface area (Å²) in [4.78, 5) is 4.44. The monoisotopic (exact) mass is 363 g/mol. The van der Waals surface area contributed by atoms with E-state index < -0.39 is 11.9 Å². The third-order valence-electron chi connectivity index (χ3n) is 3.98. The lowest BCUT2D eigenvalue weighted by atomic mass is 9.98. The molecule has 0 fully saturated rings. The standard InChI is InChI=1S/C18H19ClFN3O2/c1-4-23-9-12(18(19)22-23)7-16-17(25-11(3)21-16)14-6-5-13(20)8-15(14)10(2)24/h5-6,8-10,24H,4,7H2,1-3H3. The second kappa shape index (κ2) is 6.98. The van der Waals surface area contributed by atoms with Gasteiger partial charge in [0.15, 0.2) is 16.8 Å². The molecule has 0 radical (unpaired) electrons. The highest BCUT2D eigenvalue weighted by Gasteiger charge is 2.21. The van der Waals surface area contributed by atoms with E-state index in [-0.39, 0.29) is 0 Å². The summed E-state index contributed by atoms with van der Waals surface area (Å²) in [6.45, 7) is 6.03. The van der Waals surface area contributed by atoms with Gasteiger partial charge in [-0.2, -0.15) is 5.10 Å². The summed E-state index contributed by atoms with van der Waals surface area (Å²) >= 11 is 6.20. The number of oxazole rings is 1. The summed E-state index contributed by atoms with van der Waals surface area (Å²) in [7, 11) is 0. The van der Waals surface area contributed by atoms with E-state index in [4.69, 9.17) is 16.0 Å². The third kappa shape index (κ3) is 3.60. The van der Waals surface area contributed by atoms with Gasteiger partial charge in [0.2, 0.25) is 0 Å². The quantitative estimate of drug-likeness (QED) is 0.733. The molecule has 0 aliphatic carbocycles. The number of nitrogens with zero attached hydrogens (tertiary/aromatic N) is 3. The molecule has 1 N–H and O–H groups in total. The van der Waals surface area contributed by atoms with Crippen molar-refractivity contribution < 1.29 is 13.9 Å². The maximum absolute atomic E-state index is 13.6. The van der Waals surface area contributed by atoms with Crippen LogP contribution in [0.1, 0.15) is 42.7 Å². The predicted octanol–water partition coefficient (Wildman–Crippen LogP) is 4.30. The van der Waals surface area contributed by atoms with E-state index in [1.807, 2.05) is 13.1 Å². The molecular weight excluding hydrogens is 345 g/mol. The fourth-order valence-electron chi connectivity index (χ4n) is 2.79. The van der Waals surface area contributed by atoms with Crippen LogP contribution in [0.4, 0.5) is 4.39 Å². The fraction of sp³-hybridized carbons (Fsp3) is 0.333. The first-order valence-electron chi connectivity index (χ1n) is 8.05. The van der Waals surface area contributed by atoms with E-state index in [0.29, 0.717) is 46.6 Å². The largest absolute Gasteiger partial charge is 0.441 e. The summed E-state index contributed by atoms with van der Waals surface area (Å²) in [6, 6.07) is 4.24. The molecule has 0 saturated heterocycles. The molecule has 3 rings (SSSR count). The Morgan fingerprint density at radius 3 is 2.80 bits per heavy atom. The lowest BCUT2D eigenvalue weighted by Crippen LogP contribution is -1.98. The minimum absolute atomic E-state index is 0.412. The van der Waals surface area contributed by atoms with Crippen molar-refractivity contribution in [3.63, 3.8) is 0 Å². The first-order valence-corrected chi connectivity index (χ1v) is 8.42. The topological polar surface area (TPSA) is 64.1 Å². The maximum atomic E-state index is 13.6. The SMILES string of the molecule is CCn1cc(Cc2nc(C)oc2-c2ccc(F)cc2C(C)O)c(Cl)n1. The predicted molar refractivity (Wildman–Crippen MR) is 93.0 cm³/mol. The molecule has 2 aromatic heterocycles. The average molecular weight is 364 g/mol. The first-order chi connectivity index (χ1) is 11.9. The Bertz CT molecular complexity index is 902. The van der Waals surface area contributed by atoms with Crippen molar-refractivity contribution in [2.24, 2.45) is 0 Å². The van der Waals surface area contributed by atoms with E-state index in [0.717, 1.165) is 5.56 Å². The summed E-state index contributed by atoms with van der Waals surface area (Å²) in [5.74, 6) is 0.586. The highest BCUT2D eigenvalue weighted by atomic mass is 35.5. The van der Waals surface area contributed by atoms with Crippen LogP contribution in [-0.2, 0) is 13.0 Å². The van der Waals surface area contributed by atoms with Crippen LogP contribution in [0.2, 0.25) is 5.15 Å². The van der Waals surface area contributed by atoms with Crippen LogP contribution in [0.3, 0.4) is 0 Å². The second-order valence-corrected chi connectivity index (χ2v) is 6.25. The van der Waals surface area contributed by atoms with Crippen LogP contribution >= 0.6 is 11.6 Å². The van der Waals surface area contributed by atoms with E-state index in [2.05, 4.69) is 10.1 Å². The molecule has 1 aromatic carbocycles. The number of aryl methyl sites for hydroxylation is 2. The molecule has 25 heavy (non-hydrogen) atoms. The van der Waals surface area contributed by atoms with Gasteiger partial charge in [-0.15, -0.1) is 0 Å². The number of halogens is 2. The van der Waals surface area contributed by atoms with Crippen LogP contribution < -0.4 is 0 Å². The van der Waals surface area contributed by atoms with Crippen LogP contribution in [0.5, 0.6) is 0 Å². The first kappa shape index (κ1) is 17.6. The summed E-state index contributed by atoms with van der Waals surface area (Å²) in [6.07, 6.45) is 1.47. The smallest absolute Gasteiger partial charge is 0.192 e. The minimum Gasteiger partial charge on any atom is -0.441 e.